The Hall–Kier alpha value is -0.880. The van der Waals surface area contributed by atoms with E-state index in [-0.39, 0.29) is 10.8 Å². The summed E-state index contributed by atoms with van der Waals surface area (Å²) in [5.41, 5.74) is 1.07. The van der Waals surface area contributed by atoms with Gasteiger partial charge in [-0.2, -0.15) is 5.10 Å². The zero-order valence-electron chi connectivity index (χ0n) is 8.74. The van der Waals surface area contributed by atoms with Gasteiger partial charge in [0.2, 0.25) is 0 Å². The quantitative estimate of drug-likeness (QED) is 0.626. The van der Waals surface area contributed by atoms with Crippen LogP contribution in [0, 0.1) is 0 Å². The van der Waals surface area contributed by atoms with Crippen LogP contribution in [-0.4, -0.2) is 34.2 Å². The molecule has 0 radical (unpaired) electrons. The molecule has 0 aliphatic heterocycles. The van der Waals surface area contributed by atoms with E-state index in [0.717, 1.165) is 5.69 Å². The Kier molecular flexibility index (Phi) is 4.77. The fourth-order valence-electron chi connectivity index (χ4n) is 1.11. The maximum atomic E-state index is 11.0. The highest BCUT2D eigenvalue weighted by molar-refractivity contribution is 9.10. The molecule has 0 spiro atoms. The van der Waals surface area contributed by atoms with Crippen LogP contribution in [-0.2, 0) is 23.1 Å². The van der Waals surface area contributed by atoms with Crippen molar-refractivity contribution in [2.24, 2.45) is 7.05 Å². The van der Waals surface area contributed by atoms with Crippen LogP contribution < -0.4 is 5.32 Å². The van der Waals surface area contributed by atoms with Crippen molar-refractivity contribution in [3.63, 3.8) is 0 Å². The molecule has 0 saturated heterocycles. The first kappa shape index (κ1) is 12.2. The number of carbonyl (C=O) groups excluding carboxylic acids is 1. The Labute approximate surface area is 96.9 Å². The van der Waals surface area contributed by atoms with Crippen molar-refractivity contribution in [3.05, 3.63) is 18.0 Å². The number of alkyl halides is 1. The summed E-state index contributed by atoms with van der Waals surface area (Å²) in [6.45, 7) is 1.20. The zero-order valence-corrected chi connectivity index (χ0v) is 10.3. The second-order valence-corrected chi connectivity index (χ2v) is 4.17. The fourth-order valence-corrected chi connectivity index (χ4v) is 1.53. The molecule has 1 N–H and O–H groups in total. The largest absolute Gasteiger partial charge is 0.468 e. The molecule has 0 aliphatic carbocycles. The number of hydrogen-bond acceptors (Lipinski definition) is 4. The monoisotopic (exact) mass is 275 g/mol. The third-order valence-corrected chi connectivity index (χ3v) is 2.71. The second kappa shape index (κ2) is 5.87. The predicted octanol–water partition coefficient (Wildman–Crippen LogP) is 0.446. The molecule has 0 saturated carbocycles. The first-order chi connectivity index (χ1) is 7.15. The lowest BCUT2D eigenvalue weighted by atomic mass is 10.4. The third kappa shape index (κ3) is 3.64. The molecule has 1 aromatic heterocycles. The van der Waals surface area contributed by atoms with Crippen molar-refractivity contribution in [2.45, 2.75) is 11.4 Å². The number of nitrogens with one attached hydrogen (secondary N) is 1. The van der Waals surface area contributed by atoms with Gasteiger partial charge in [0.1, 0.15) is 4.83 Å². The van der Waals surface area contributed by atoms with E-state index in [2.05, 4.69) is 31.1 Å². The molecular weight excluding hydrogens is 262 g/mol. The Morgan fingerprint density at radius 3 is 3.07 bits per heavy atom. The molecule has 1 unspecified atom stereocenters. The maximum Gasteiger partial charge on any atom is 0.320 e. The first-order valence-corrected chi connectivity index (χ1v) is 5.46. The molecule has 6 heteroatoms. The molecule has 0 aliphatic rings. The second-order valence-electron chi connectivity index (χ2n) is 3.07. The number of methoxy groups -OCH3 is 1. The molecular formula is C9H14BrN3O2. The number of esters is 1. The van der Waals surface area contributed by atoms with E-state index in [0.29, 0.717) is 13.1 Å². The van der Waals surface area contributed by atoms with Gasteiger partial charge in [0.05, 0.1) is 12.8 Å². The van der Waals surface area contributed by atoms with E-state index in [1.54, 1.807) is 10.9 Å². The number of aryl methyl sites for hydroxylation is 1. The third-order valence-electron chi connectivity index (χ3n) is 2.01. The zero-order chi connectivity index (χ0) is 11.3. The lowest BCUT2D eigenvalue weighted by molar-refractivity contribution is -0.139. The summed E-state index contributed by atoms with van der Waals surface area (Å²) < 4.78 is 6.37. The lowest BCUT2D eigenvalue weighted by Gasteiger charge is -2.09. The van der Waals surface area contributed by atoms with Gasteiger partial charge in [0, 0.05) is 26.3 Å². The van der Waals surface area contributed by atoms with E-state index < -0.39 is 0 Å². The molecule has 0 bridgehead atoms. The summed E-state index contributed by atoms with van der Waals surface area (Å²) in [6.07, 6.45) is 1.74. The van der Waals surface area contributed by atoms with Crippen LogP contribution in [0.25, 0.3) is 0 Å². The molecule has 0 amide bonds. The number of nitrogens with zero attached hydrogens (tertiary/aromatic N) is 2. The van der Waals surface area contributed by atoms with Gasteiger partial charge in [-0.25, -0.2) is 0 Å². The van der Waals surface area contributed by atoms with Gasteiger partial charge < -0.3 is 10.1 Å². The molecule has 1 heterocycles. The predicted molar refractivity (Wildman–Crippen MR) is 59.6 cm³/mol. The van der Waals surface area contributed by atoms with Crippen LogP contribution in [0.15, 0.2) is 12.3 Å². The van der Waals surface area contributed by atoms with Crippen molar-refractivity contribution >= 4 is 21.9 Å². The highest BCUT2D eigenvalue weighted by Crippen LogP contribution is 2.01. The average Bonchev–Trinajstić information content (AvgIpc) is 2.63. The Balaban J connectivity index is 2.28. The van der Waals surface area contributed by atoms with Gasteiger partial charge >= 0.3 is 5.97 Å². The number of ether oxygens (including phenoxy) is 1. The summed E-state index contributed by atoms with van der Waals surface area (Å²) in [4.78, 5) is 10.7. The molecule has 5 nitrogen and oxygen atoms in total. The Morgan fingerprint density at radius 2 is 2.53 bits per heavy atom. The minimum atomic E-state index is -0.310. The Morgan fingerprint density at radius 1 is 1.80 bits per heavy atom. The maximum absolute atomic E-state index is 11.0. The van der Waals surface area contributed by atoms with Gasteiger partial charge in [-0.3, -0.25) is 9.48 Å². The minimum Gasteiger partial charge on any atom is -0.468 e. The van der Waals surface area contributed by atoms with Crippen LogP contribution in [0.1, 0.15) is 5.69 Å². The Bertz CT molecular complexity index is 327. The normalized spacial score (nSPS) is 12.5. The fraction of sp³-hybridized carbons (Fsp3) is 0.556. The van der Waals surface area contributed by atoms with Crippen LogP contribution in [0.5, 0.6) is 0 Å². The van der Waals surface area contributed by atoms with Gasteiger partial charge in [-0.15, -0.1) is 0 Å². The number of rotatable bonds is 5. The standard InChI is InChI=1S/C9H14BrN3O2/c1-13-7(3-4-12-13)5-11-6-8(10)9(14)15-2/h3-4,8,11H,5-6H2,1-2H3. The molecule has 0 fully saturated rings. The van der Waals surface area contributed by atoms with Crippen molar-refractivity contribution in [3.8, 4) is 0 Å². The van der Waals surface area contributed by atoms with Crippen molar-refractivity contribution < 1.29 is 9.53 Å². The lowest BCUT2D eigenvalue weighted by Crippen LogP contribution is -2.29. The molecule has 84 valence electrons. The molecule has 15 heavy (non-hydrogen) atoms. The highest BCUT2D eigenvalue weighted by Gasteiger charge is 2.14. The van der Waals surface area contributed by atoms with E-state index in [1.807, 2.05) is 13.1 Å². The van der Waals surface area contributed by atoms with Crippen LogP contribution in [0.3, 0.4) is 0 Å². The van der Waals surface area contributed by atoms with E-state index in [9.17, 15) is 4.79 Å². The van der Waals surface area contributed by atoms with Gasteiger partial charge in [-0.05, 0) is 6.07 Å². The average molecular weight is 276 g/mol. The number of carbonyl (C=O) groups is 1. The topological polar surface area (TPSA) is 56.1 Å². The summed E-state index contributed by atoms with van der Waals surface area (Å²) in [5, 5.41) is 7.17. The van der Waals surface area contributed by atoms with E-state index in [4.69, 9.17) is 0 Å². The van der Waals surface area contributed by atoms with Crippen molar-refractivity contribution in [1.82, 2.24) is 15.1 Å². The van der Waals surface area contributed by atoms with Gasteiger partial charge in [0.25, 0.3) is 0 Å². The van der Waals surface area contributed by atoms with Crippen LogP contribution in [0.4, 0.5) is 0 Å². The summed E-state index contributed by atoms with van der Waals surface area (Å²) in [6, 6.07) is 1.92. The molecule has 0 aromatic carbocycles. The smallest absolute Gasteiger partial charge is 0.320 e. The number of hydrogen-bond donors (Lipinski definition) is 1. The molecule has 1 aromatic rings. The first-order valence-electron chi connectivity index (χ1n) is 4.54. The van der Waals surface area contributed by atoms with Crippen molar-refractivity contribution in [1.29, 1.82) is 0 Å². The SMILES string of the molecule is COC(=O)C(Br)CNCc1ccnn1C. The summed E-state index contributed by atoms with van der Waals surface area (Å²) in [7, 11) is 3.25. The van der Waals surface area contributed by atoms with Crippen molar-refractivity contribution in [2.75, 3.05) is 13.7 Å². The summed E-state index contributed by atoms with van der Waals surface area (Å²) >= 11 is 3.23. The van der Waals surface area contributed by atoms with Gasteiger partial charge in [0.15, 0.2) is 0 Å². The number of halogens is 1. The highest BCUT2D eigenvalue weighted by atomic mass is 79.9. The molecule has 1 rings (SSSR count). The van der Waals surface area contributed by atoms with E-state index in [1.165, 1.54) is 7.11 Å². The summed E-state index contributed by atoms with van der Waals surface area (Å²) in [5.74, 6) is -0.271. The van der Waals surface area contributed by atoms with E-state index >= 15 is 0 Å². The van der Waals surface area contributed by atoms with Crippen LogP contribution >= 0.6 is 15.9 Å². The number of aromatic nitrogens is 2. The van der Waals surface area contributed by atoms with Crippen LogP contribution in [0.2, 0.25) is 0 Å². The molecule has 1 atom stereocenters. The van der Waals surface area contributed by atoms with Gasteiger partial charge in [-0.1, -0.05) is 15.9 Å². The minimum absolute atomic E-state index is 0.271.